The number of hydrogen-bond donors (Lipinski definition) is 2. The van der Waals surface area contributed by atoms with Crippen LogP contribution in [0.25, 0.3) is 0 Å². The number of aromatic nitrogens is 2. The summed E-state index contributed by atoms with van der Waals surface area (Å²) in [6.07, 6.45) is 3.49. The molecule has 2 N–H and O–H groups in total. The van der Waals surface area contributed by atoms with E-state index in [9.17, 15) is 4.79 Å². The first kappa shape index (κ1) is 17.5. The number of carbonyl (C=O) groups excluding carboxylic acids is 1. The number of nitrogens with one attached hydrogen (secondary N) is 2. The Bertz CT molecular complexity index is 864. The van der Waals surface area contributed by atoms with E-state index >= 15 is 0 Å². The van der Waals surface area contributed by atoms with Crippen LogP contribution >= 0.6 is 0 Å². The van der Waals surface area contributed by atoms with Gasteiger partial charge in [-0.3, -0.25) is 9.78 Å². The topological polar surface area (TPSA) is 89.3 Å². The lowest BCUT2D eigenvalue weighted by molar-refractivity contribution is -0.116. The van der Waals surface area contributed by atoms with Gasteiger partial charge in [0.05, 0.1) is 0 Å². The Morgan fingerprint density at radius 1 is 1.27 bits per heavy atom. The maximum atomic E-state index is 12.2. The van der Waals surface area contributed by atoms with Crippen LogP contribution in [0, 0.1) is 6.92 Å². The van der Waals surface area contributed by atoms with E-state index in [1.54, 1.807) is 32.3 Å². The number of benzene rings is 1. The number of carbonyl (C=O) groups is 1. The van der Waals surface area contributed by atoms with E-state index in [1.165, 1.54) is 0 Å². The zero-order valence-corrected chi connectivity index (χ0v) is 14.6. The SMILES string of the molecule is Cc1cc(NC(=O)[C@@H](C)Nc2cccc(OCc3cccnc3)c2)no1. The minimum Gasteiger partial charge on any atom is -0.489 e. The van der Waals surface area contributed by atoms with Gasteiger partial charge in [0.15, 0.2) is 5.82 Å². The van der Waals surface area contributed by atoms with Gasteiger partial charge >= 0.3 is 0 Å². The van der Waals surface area contributed by atoms with E-state index in [2.05, 4.69) is 20.8 Å². The quantitative estimate of drug-likeness (QED) is 0.677. The molecular weight excluding hydrogens is 332 g/mol. The third kappa shape index (κ3) is 4.83. The fourth-order valence-corrected chi connectivity index (χ4v) is 2.30. The highest BCUT2D eigenvalue weighted by molar-refractivity contribution is 5.95. The van der Waals surface area contributed by atoms with Gasteiger partial charge in [0, 0.05) is 35.8 Å². The van der Waals surface area contributed by atoms with Crippen LogP contribution in [0.2, 0.25) is 0 Å². The largest absolute Gasteiger partial charge is 0.489 e. The van der Waals surface area contributed by atoms with Crippen molar-refractivity contribution < 1.29 is 14.1 Å². The Labute approximate surface area is 151 Å². The molecule has 26 heavy (non-hydrogen) atoms. The molecule has 3 aromatic rings. The molecule has 2 heterocycles. The van der Waals surface area contributed by atoms with Crippen LogP contribution in [0.3, 0.4) is 0 Å². The van der Waals surface area contributed by atoms with Gasteiger partial charge in [0.2, 0.25) is 5.91 Å². The first-order valence-corrected chi connectivity index (χ1v) is 8.22. The Balaban J connectivity index is 1.56. The van der Waals surface area contributed by atoms with E-state index in [-0.39, 0.29) is 5.91 Å². The maximum Gasteiger partial charge on any atom is 0.247 e. The van der Waals surface area contributed by atoms with Gasteiger partial charge < -0.3 is 19.9 Å². The predicted molar refractivity (Wildman–Crippen MR) is 98.0 cm³/mol. The van der Waals surface area contributed by atoms with E-state index in [4.69, 9.17) is 9.26 Å². The molecule has 7 heteroatoms. The second-order valence-corrected chi connectivity index (χ2v) is 5.86. The van der Waals surface area contributed by atoms with Gasteiger partial charge in [-0.05, 0) is 32.0 Å². The molecule has 1 aromatic carbocycles. The third-order valence-corrected chi connectivity index (χ3v) is 3.62. The van der Waals surface area contributed by atoms with Crippen molar-refractivity contribution in [3.8, 4) is 5.75 Å². The predicted octanol–water partition coefficient (Wildman–Crippen LogP) is 3.40. The summed E-state index contributed by atoms with van der Waals surface area (Å²) in [4.78, 5) is 16.3. The molecular formula is C19H20N4O3. The molecule has 0 aliphatic rings. The number of ether oxygens (including phenoxy) is 1. The molecule has 0 saturated heterocycles. The van der Waals surface area contributed by atoms with E-state index < -0.39 is 6.04 Å². The lowest BCUT2D eigenvalue weighted by atomic mass is 10.2. The molecule has 0 saturated carbocycles. The standard InChI is InChI=1S/C19H20N4O3/c1-13-9-18(23-26-13)22-19(24)14(2)21-16-6-3-7-17(10-16)25-12-15-5-4-8-20-11-15/h3-11,14,21H,12H2,1-2H3,(H,22,23,24)/t14-/m1/s1. The fraction of sp³-hybridized carbons (Fsp3) is 0.211. The molecule has 7 nitrogen and oxygen atoms in total. The molecule has 0 aliphatic heterocycles. The van der Waals surface area contributed by atoms with Crippen molar-refractivity contribution in [3.05, 3.63) is 66.2 Å². The van der Waals surface area contributed by atoms with Crippen LogP contribution in [-0.4, -0.2) is 22.1 Å². The second kappa shape index (κ2) is 8.15. The number of anilines is 2. The number of amides is 1. The number of hydrogen-bond acceptors (Lipinski definition) is 6. The van der Waals surface area contributed by atoms with Crippen LogP contribution in [-0.2, 0) is 11.4 Å². The van der Waals surface area contributed by atoms with Gasteiger partial charge in [0.1, 0.15) is 24.2 Å². The van der Waals surface area contributed by atoms with Crippen molar-refractivity contribution >= 4 is 17.4 Å². The molecule has 3 rings (SSSR count). The number of aryl methyl sites for hydroxylation is 1. The fourth-order valence-electron chi connectivity index (χ4n) is 2.30. The zero-order chi connectivity index (χ0) is 18.4. The van der Waals surface area contributed by atoms with Crippen LogP contribution < -0.4 is 15.4 Å². The normalized spacial score (nSPS) is 11.6. The molecule has 0 unspecified atom stereocenters. The first-order valence-electron chi connectivity index (χ1n) is 8.22. The van der Waals surface area contributed by atoms with Crippen LogP contribution in [0.5, 0.6) is 5.75 Å². The minimum absolute atomic E-state index is 0.208. The molecule has 0 spiro atoms. The summed E-state index contributed by atoms with van der Waals surface area (Å²) in [7, 11) is 0. The summed E-state index contributed by atoms with van der Waals surface area (Å²) < 4.78 is 10.7. The van der Waals surface area contributed by atoms with E-state index in [0.29, 0.717) is 23.9 Å². The minimum atomic E-state index is -0.458. The molecule has 0 radical (unpaired) electrons. The molecule has 0 bridgehead atoms. The Kier molecular flexibility index (Phi) is 5.48. The van der Waals surface area contributed by atoms with Crippen molar-refractivity contribution in [2.45, 2.75) is 26.5 Å². The molecule has 134 valence electrons. The van der Waals surface area contributed by atoms with Crippen molar-refractivity contribution in [3.63, 3.8) is 0 Å². The highest BCUT2D eigenvalue weighted by Gasteiger charge is 2.14. The Morgan fingerprint density at radius 2 is 2.15 bits per heavy atom. The van der Waals surface area contributed by atoms with Gasteiger partial charge in [-0.2, -0.15) is 0 Å². The van der Waals surface area contributed by atoms with Crippen molar-refractivity contribution in [1.82, 2.24) is 10.1 Å². The molecule has 2 aromatic heterocycles. The average Bonchev–Trinajstić information content (AvgIpc) is 3.06. The summed E-state index contributed by atoms with van der Waals surface area (Å²) in [6.45, 7) is 3.96. The number of rotatable bonds is 7. The van der Waals surface area contributed by atoms with E-state index in [1.807, 2.05) is 36.4 Å². The number of pyridine rings is 1. The highest BCUT2D eigenvalue weighted by Crippen LogP contribution is 2.19. The molecule has 0 fully saturated rings. The van der Waals surface area contributed by atoms with Gasteiger partial charge in [0.25, 0.3) is 0 Å². The zero-order valence-electron chi connectivity index (χ0n) is 14.6. The summed E-state index contributed by atoms with van der Waals surface area (Å²) in [5.41, 5.74) is 1.77. The highest BCUT2D eigenvalue weighted by atomic mass is 16.5. The summed E-state index contributed by atoms with van der Waals surface area (Å²) >= 11 is 0. The summed E-state index contributed by atoms with van der Waals surface area (Å²) in [5.74, 6) is 1.53. The molecule has 1 atom stereocenters. The second-order valence-electron chi connectivity index (χ2n) is 5.86. The summed E-state index contributed by atoms with van der Waals surface area (Å²) in [6, 6.07) is 12.5. The van der Waals surface area contributed by atoms with Crippen molar-refractivity contribution in [2.75, 3.05) is 10.6 Å². The molecule has 0 aliphatic carbocycles. The van der Waals surface area contributed by atoms with Gasteiger partial charge in [-0.15, -0.1) is 0 Å². The van der Waals surface area contributed by atoms with Crippen LogP contribution in [0.1, 0.15) is 18.2 Å². The Hall–Kier alpha value is -3.35. The Morgan fingerprint density at radius 3 is 2.88 bits per heavy atom. The summed E-state index contributed by atoms with van der Waals surface area (Å²) in [5, 5.41) is 9.60. The third-order valence-electron chi connectivity index (χ3n) is 3.62. The smallest absolute Gasteiger partial charge is 0.247 e. The lowest BCUT2D eigenvalue weighted by Gasteiger charge is -2.15. The average molecular weight is 352 g/mol. The lowest BCUT2D eigenvalue weighted by Crippen LogP contribution is -2.31. The first-order chi connectivity index (χ1) is 12.6. The van der Waals surface area contributed by atoms with Crippen LogP contribution in [0.4, 0.5) is 11.5 Å². The monoisotopic (exact) mass is 352 g/mol. The van der Waals surface area contributed by atoms with E-state index in [0.717, 1.165) is 11.3 Å². The van der Waals surface area contributed by atoms with Gasteiger partial charge in [-0.25, -0.2) is 0 Å². The van der Waals surface area contributed by atoms with Crippen molar-refractivity contribution in [1.29, 1.82) is 0 Å². The number of nitrogens with zero attached hydrogens (tertiary/aromatic N) is 2. The van der Waals surface area contributed by atoms with Gasteiger partial charge in [-0.1, -0.05) is 17.3 Å². The maximum absolute atomic E-state index is 12.2. The van der Waals surface area contributed by atoms with Crippen molar-refractivity contribution in [2.24, 2.45) is 0 Å². The van der Waals surface area contributed by atoms with Crippen LogP contribution in [0.15, 0.2) is 59.4 Å². The molecule has 1 amide bonds.